The molecule has 0 fully saturated rings. The molecule has 4 heteroatoms. The Morgan fingerprint density at radius 2 is 1.79 bits per heavy atom. The van der Waals surface area contributed by atoms with E-state index in [2.05, 4.69) is 65.2 Å². The zero-order valence-electron chi connectivity index (χ0n) is 9.08. The van der Waals surface area contributed by atoms with Crippen molar-refractivity contribution in [3.8, 4) is 0 Å². The lowest BCUT2D eigenvalue weighted by molar-refractivity contribution is 0.502. The van der Waals surface area contributed by atoms with E-state index in [1.54, 1.807) is 0 Å². The monoisotopic (exact) mass is 305 g/mol. The van der Waals surface area contributed by atoms with Crippen LogP contribution in [0.3, 0.4) is 0 Å². The van der Waals surface area contributed by atoms with Crippen LogP contribution in [0, 0.1) is 3.57 Å². The van der Waals surface area contributed by atoms with Gasteiger partial charge in [0.15, 0.2) is 0 Å². The minimum Gasteiger partial charge on any atom is -0.336 e. The van der Waals surface area contributed by atoms with Crippen molar-refractivity contribution in [3.63, 3.8) is 0 Å². The molecule has 1 heterocycles. The fourth-order valence-electron chi connectivity index (χ4n) is 1.36. The molecule has 1 aromatic heterocycles. The molecule has 1 aromatic rings. The van der Waals surface area contributed by atoms with Crippen LogP contribution in [0.15, 0.2) is 12.4 Å². The maximum Gasteiger partial charge on any atom is 0.225 e. The Morgan fingerprint density at radius 1 is 1.29 bits per heavy atom. The molecule has 3 nitrogen and oxygen atoms in total. The fourth-order valence-corrected chi connectivity index (χ4v) is 1.64. The van der Waals surface area contributed by atoms with Crippen molar-refractivity contribution in [2.24, 2.45) is 0 Å². The Hall–Kier alpha value is -0.390. The van der Waals surface area contributed by atoms with Gasteiger partial charge in [-0.1, -0.05) is 0 Å². The van der Waals surface area contributed by atoms with Crippen molar-refractivity contribution in [3.05, 3.63) is 16.0 Å². The van der Waals surface area contributed by atoms with Gasteiger partial charge >= 0.3 is 0 Å². The summed E-state index contributed by atoms with van der Waals surface area (Å²) in [4.78, 5) is 10.8. The van der Waals surface area contributed by atoms with Gasteiger partial charge in [0.25, 0.3) is 0 Å². The lowest BCUT2D eigenvalue weighted by atomic mass is 10.1. The lowest BCUT2D eigenvalue weighted by Gasteiger charge is -2.34. The SMILES string of the molecule is CCN(c1ncc(I)cn1)C(C)(C)C. The zero-order chi connectivity index (χ0) is 10.8. The van der Waals surface area contributed by atoms with Crippen LogP contribution in [0.5, 0.6) is 0 Å². The number of rotatable bonds is 2. The van der Waals surface area contributed by atoms with Crippen LogP contribution in [-0.4, -0.2) is 22.1 Å². The van der Waals surface area contributed by atoms with E-state index >= 15 is 0 Å². The maximum absolute atomic E-state index is 4.32. The summed E-state index contributed by atoms with van der Waals surface area (Å²) in [5, 5.41) is 0. The predicted octanol–water partition coefficient (Wildman–Crippen LogP) is 2.71. The van der Waals surface area contributed by atoms with Crippen LogP contribution in [0.25, 0.3) is 0 Å². The molecule has 0 amide bonds. The fraction of sp³-hybridized carbons (Fsp3) is 0.600. The molecule has 0 atom stereocenters. The molecule has 0 aliphatic carbocycles. The molecule has 0 spiro atoms. The molecule has 0 aliphatic heterocycles. The number of hydrogen-bond donors (Lipinski definition) is 0. The Balaban J connectivity index is 2.96. The molecule has 0 aliphatic rings. The minimum atomic E-state index is 0.0710. The number of hydrogen-bond acceptors (Lipinski definition) is 3. The van der Waals surface area contributed by atoms with E-state index in [9.17, 15) is 0 Å². The third kappa shape index (κ3) is 2.80. The van der Waals surface area contributed by atoms with Gasteiger partial charge in [0, 0.05) is 28.0 Å². The third-order valence-electron chi connectivity index (χ3n) is 1.97. The van der Waals surface area contributed by atoms with Gasteiger partial charge in [0.2, 0.25) is 5.95 Å². The van der Waals surface area contributed by atoms with Crippen LogP contribution in [0.4, 0.5) is 5.95 Å². The van der Waals surface area contributed by atoms with Gasteiger partial charge in [0.1, 0.15) is 0 Å². The van der Waals surface area contributed by atoms with Gasteiger partial charge in [-0.25, -0.2) is 9.97 Å². The highest BCUT2D eigenvalue weighted by molar-refractivity contribution is 14.1. The van der Waals surface area contributed by atoms with E-state index in [1.165, 1.54) is 0 Å². The van der Waals surface area contributed by atoms with Gasteiger partial charge in [-0.3, -0.25) is 0 Å². The second-order valence-electron chi connectivity index (χ2n) is 4.12. The number of halogens is 1. The number of aromatic nitrogens is 2. The smallest absolute Gasteiger partial charge is 0.225 e. The second-order valence-corrected chi connectivity index (χ2v) is 5.36. The van der Waals surface area contributed by atoms with Crippen molar-refractivity contribution in [2.45, 2.75) is 33.2 Å². The van der Waals surface area contributed by atoms with Crippen LogP contribution in [-0.2, 0) is 0 Å². The topological polar surface area (TPSA) is 29.0 Å². The van der Waals surface area contributed by atoms with Gasteiger partial charge in [-0.2, -0.15) is 0 Å². The highest BCUT2D eigenvalue weighted by Gasteiger charge is 2.21. The number of anilines is 1. The van der Waals surface area contributed by atoms with Crippen LogP contribution >= 0.6 is 22.6 Å². The van der Waals surface area contributed by atoms with E-state index in [4.69, 9.17) is 0 Å². The summed E-state index contributed by atoms with van der Waals surface area (Å²) in [7, 11) is 0. The first-order valence-electron chi connectivity index (χ1n) is 4.70. The summed E-state index contributed by atoms with van der Waals surface area (Å²) < 4.78 is 1.07. The molecule has 0 saturated carbocycles. The van der Waals surface area contributed by atoms with Crippen molar-refractivity contribution in [2.75, 3.05) is 11.4 Å². The van der Waals surface area contributed by atoms with E-state index in [0.29, 0.717) is 0 Å². The normalized spacial score (nSPS) is 11.5. The summed E-state index contributed by atoms with van der Waals surface area (Å²) in [6.45, 7) is 9.53. The summed E-state index contributed by atoms with van der Waals surface area (Å²) in [5.41, 5.74) is 0.0710. The van der Waals surface area contributed by atoms with Gasteiger partial charge in [-0.15, -0.1) is 0 Å². The average Bonchev–Trinajstić information content (AvgIpc) is 2.07. The van der Waals surface area contributed by atoms with E-state index in [-0.39, 0.29) is 5.54 Å². The molecule has 0 bridgehead atoms. The first-order valence-corrected chi connectivity index (χ1v) is 5.78. The molecular weight excluding hydrogens is 289 g/mol. The highest BCUT2D eigenvalue weighted by Crippen LogP contribution is 2.19. The van der Waals surface area contributed by atoms with Crippen LogP contribution in [0.1, 0.15) is 27.7 Å². The molecule has 0 unspecified atom stereocenters. The standard InChI is InChI=1S/C10H16IN3/c1-5-14(10(2,3)4)9-12-6-8(11)7-13-9/h6-7H,5H2,1-4H3. The second kappa shape index (κ2) is 4.42. The first kappa shape index (κ1) is 11.7. The maximum atomic E-state index is 4.32. The van der Waals surface area contributed by atoms with Crippen molar-refractivity contribution < 1.29 is 0 Å². The summed E-state index contributed by atoms with van der Waals surface area (Å²) in [5.74, 6) is 0.806. The minimum absolute atomic E-state index is 0.0710. The Kier molecular flexibility index (Phi) is 3.69. The molecular formula is C10H16IN3. The quantitative estimate of drug-likeness (QED) is 0.787. The summed E-state index contributed by atoms with van der Waals surface area (Å²) in [6, 6.07) is 0. The molecule has 1 rings (SSSR count). The van der Waals surface area contributed by atoms with E-state index in [0.717, 1.165) is 16.1 Å². The molecule has 0 radical (unpaired) electrons. The van der Waals surface area contributed by atoms with Crippen molar-refractivity contribution >= 4 is 28.5 Å². The molecule has 0 aromatic carbocycles. The first-order chi connectivity index (χ1) is 6.45. The lowest BCUT2D eigenvalue weighted by Crippen LogP contribution is -2.42. The van der Waals surface area contributed by atoms with Crippen LogP contribution in [0.2, 0.25) is 0 Å². The van der Waals surface area contributed by atoms with Gasteiger partial charge < -0.3 is 4.90 Å². The molecule has 0 saturated heterocycles. The van der Waals surface area contributed by atoms with Crippen molar-refractivity contribution in [1.82, 2.24) is 9.97 Å². The van der Waals surface area contributed by atoms with E-state index in [1.807, 2.05) is 12.4 Å². The predicted molar refractivity (Wildman–Crippen MR) is 67.5 cm³/mol. The number of nitrogens with zero attached hydrogens (tertiary/aromatic N) is 3. The Morgan fingerprint density at radius 3 is 2.14 bits per heavy atom. The third-order valence-corrected chi connectivity index (χ3v) is 2.53. The van der Waals surface area contributed by atoms with Crippen LogP contribution < -0.4 is 4.90 Å². The summed E-state index contributed by atoms with van der Waals surface area (Å²) >= 11 is 2.21. The largest absolute Gasteiger partial charge is 0.336 e. The van der Waals surface area contributed by atoms with Gasteiger partial charge in [-0.05, 0) is 50.3 Å². The molecule has 78 valence electrons. The zero-order valence-corrected chi connectivity index (χ0v) is 11.2. The summed E-state index contributed by atoms with van der Waals surface area (Å²) in [6.07, 6.45) is 3.69. The average molecular weight is 305 g/mol. The van der Waals surface area contributed by atoms with E-state index < -0.39 is 0 Å². The van der Waals surface area contributed by atoms with Crippen molar-refractivity contribution in [1.29, 1.82) is 0 Å². The molecule has 14 heavy (non-hydrogen) atoms. The van der Waals surface area contributed by atoms with Gasteiger partial charge in [0.05, 0.1) is 0 Å². The Labute approximate surface area is 99.1 Å². The highest BCUT2D eigenvalue weighted by atomic mass is 127. The molecule has 0 N–H and O–H groups in total. The Bertz CT molecular complexity index is 289.